The van der Waals surface area contributed by atoms with Crippen molar-refractivity contribution in [3.63, 3.8) is 0 Å². The normalized spacial score (nSPS) is 15.8. The Morgan fingerprint density at radius 3 is 2.86 bits per heavy atom. The number of aromatic carboxylic acids is 1. The van der Waals surface area contributed by atoms with Gasteiger partial charge in [0.05, 0.1) is 12.1 Å². The summed E-state index contributed by atoms with van der Waals surface area (Å²) in [5, 5.41) is 8.92. The van der Waals surface area contributed by atoms with Crippen LogP contribution >= 0.6 is 0 Å². The van der Waals surface area contributed by atoms with Gasteiger partial charge in [-0.25, -0.2) is 9.18 Å². The number of carbonyl (C=O) groups is 1. The Kier molecular flexibility index (Phi) is 2.27. The molecule has 1 aliphatic carbocycles. The van der Waals surface area contributed by atoms with Crippen LogP contribution < -0.4 is 0 Å². The number of hydrogen-bond donors (Lipinski definition) is 1. The number of carboxylic acids is 1. The summed E-state index contributed by atoms with van der Waals surface area (Å²) < 4.78 is 13.9. The Balaban J connectivity index is 2.36. The summed E-state index contributed by atoms with van der Waals surface area (Å²) in [4.78, 5) is 10.9. The van der Waals surface area contributed by atoms with Crippen LogP contribution in [0.25, 0.3) is 0 Å². The predicted octanol–water partition coefficient (Wildman–Crippen LogP) is 2.03. The Morgan fingerprint density at radius 1 is 1.64 bits per heavy atom. The maximum atomic E-state index is 12.2. The number of rotatable bonds is 4. The van der Waals surface area contributed by atoms with Crippen molar-refractivity contribution < 1.29 is 14.3 Å². The maximum absolute atomic E-state index is 12.2. The molecule has 0 bridgehead atoms. The lowest BCUT2D eigenvalue weighted by Crippen LogP contribution is -2.06. The third kappa shape index (κ3) is 1.52. The summed E-state index contributed by atoms with van der Waals surface area (Å²) >= 11 is 0. The van der Waals surface area contributed by atoms with Gasteiger partial charge in [0.15, 0.2) is 0 Å². The van der Waals surface area contributed by atoms with Crippen molar-refractivity contribution in [1.29, 1.82) is 0 Å². The molecule has 1 saturated carbocycles. The van der Waals surface area contributed by atoms with Crippen molar-refractivity contribution in [3.05, 3.63) is 23.5 Å². The van der Waals surface area contributed by atoms with E-state index >= 15 is 0 Å². The fourth-order valence-corrected chi connectivity index (χ4v) is 1.76. The van der Waals surface area contributed by atoms with Gasteiger partial charge in [-0.3, -0.25) is 0 Å². The van der Waals surface area contributed by atoms with E-state index in [2.05, 4.69) is 0 Å². The zero-order valence-electron chi connectivity index (χ0n) is 7.74. The third-order valence-corrected chi connectivity index (χ3v) is 2.53. The molecule has 0 spiro atoms. The van der Waals surface area contributed by atoms with Crippen LogP contribution in [0.5, 0.6) is 0 Å². The quantitative estimate of drug-likeness (QED) is 0.802. The molecule has 0 amide bonds. The van der Waals surface area contributed by atoms with Crippen molar-refractivity contribution in [1.82, 2.24) is 4.57 Å². The van der Waals surface area contributed by atoms with Gasteiger partial charge in [0.25, 0.3) is 0 Å². The van der Waals surface area contributed by atoms with Crippen molar-refractivity contribution in [2.75, 3.05) is 6.67 Å². The zero-order chi connectivity index (χ0) is 10.1. The highest BCUT2D eigenvalue weighted by Crippen LogP contribution is 2.42. The van der Waals surface area contributed by atoms with Crippen LogP contribution in [-0.2, 0) is 6.54 Å². The van der Waals surface area contributed by atoms with E-state index in [9.17, 15) is 9.18 Å². The van der Waals surface area contributed by atoms with Gasteiger partial charge in [0, 0.05) is 17.8 Å². The van der Waals surface area contributed by atoms with E-state index < -0.39 is 12.6 Å². The molecule has 0 radical (unpaired) electrons. The summed E-state index contributed by atoms with van der Waals surface area (Å²) in [5.41, 5.74) is 1.14. The first-order valence-electron chi connectivity index (χ1n) is 4.72. The lowest BCUT2D eigenvalue weighted by molar-refractivity contribution is 0.0695. The minimum absolute atomic E-state index is 0.263. The highest BCUT2D eigenvalue weighted by Gasteiger charge is 2.31. The summed E-state index contributed by atoms with van der Waals surface area (Å²) in [5.74, 6) is -0.577. The number of halogens is 1. The van der Waals surface area contributed by atoms with E-state index in [0.717, 1.165) is 18.5 Å². The molecule has 0 unspecified atom stereocenters. The molecule has 76 valence electrons. The highest BCUT2D eigenvalue weighted by molar-refractivity contribution is 5.89. The Morgan fingerprint density at radius 2 is 2.36 bits per heavy atom. The number of carboxylic acid groups (broad SMARTS) is 1. The van der Waals surface area contributed by atoms with E-state index in [1.54, 1.807) is 16.8 Å². The van der Waals surface area contributed by atoms with Gasteiger partial charge in [-0.2, -0.15) is 0 Å². The van der Waals surface area contributed by atoms with E-state index in [0.29, 0.717) is 11.5 Å². The molecule has 1 aromatic heterocycles. The Hall–Kier alpha value is -1.32. The molecular weight excluding hydrogens is 185 g/mol. The molecular formula is C10H12FNO2. The summed E-state index contributed by atoms with van der Waals surface area (Å²) in [6, 6.07) is 1.56. The molecule has 0 aliphatic heterocycles. The fourth-order valence-electron chi connectivity index (χ4n) is 1.76. The molecule has 1 fully saturated rings. The van der Waals surface area contributed by atoms with Crippen LogP contribution in [-0.4, -0.2) is 22.3 Å². The first kappa shape index (κ1) is 9.24. The van der Waals surface area contributed by atoms with Crippen LogP contribution in [0, 0.1) is 0 Å². The lowest BCUT2D eigenvalue weighted by Gasteiger charge is -2.06. The zero-order valence-corrected chi connectivity index (χ0v) is 7.74. The first-order chi connectivity index (χ1) is 6.74. The van der Waals surface area contributed by atoms with E-state index in [1.807, 2.05) is 0 Å². The van der Waals surface area contributed by atoms with Crippen LogP contribution in [0.4, 0.5) is 4.39 Å². The molecule has 0 saturated heterocycles. The predicted molar refractivity (Wildman–Crippen MR) is 49.3 cm³/mol. The lowest BCUT2D eigenvalue weighted by atomic mass is 10.2. The van der Waals surface area contributed by atoms with Gasteiger partial charge in [-0.1, -0.05) is 0 Å². The molecule has 1 N–H and O–H groups in total. The number of aryl methyl sites for hydroxylation is 1. The molecule has 1 heterocycles. The van der Waals surface area contributed by atoms with E-state index in [-0.39, 0.29) is 6.54 Å². The topological polar surface area (TPSA) is 42.2 Å². The number of nitrogens with zero attached hydrogens (tertiary/aromatic N) is 1. The molecule has 3 nitrogen and oxygen atoms in total. The summed E-state index contributed by atoms with van der Waals surface area (Å²) in [6.07, 6.45) is 3.71. The molecule has 0 aromatic carbocycles. The van der Waals surface area contributed by atoms with Crippen molar-refractivity contribution >= 4 is 5.97 Å². The third-order valence-electron chi connectivity index (χ3n) is 2.53. The Labute approximate surface area is 81.2 Å². The average Bonchev–Trinajstić information content (AvgIpc) is 2.88. The van der Waals surface area contributed by atoms with Crippen LogP contribution in [0.1, 0.15) is 34.8 Å². The smallest absolute Gasteiger partial charge is 0.337 e. The number of hydrogen-bond acceptors (Lipinski definition) is 1. The van der Waals surface area contributed by atoms with Gasteiger partial charge >= 0.3 is 5.97 Å². The number of alkyl halides is 1. The molecule has 4 heteroatoms. The van der Waals surface area contributed by atoms with Crippen LogP contribution in [0.2, 0.25) is 0 Å². The van der Waals surface area contributed by atoms with Gasteiger partial charge < -0.3 is 9.67 Å². The van der Waals surface area contributed by atoms with E-state index in [1.165, 1.54) is 0 Å². The molecule has 1 aliphatic rings. The largest absolute Gasteiger partial charge is 0.478 e. The maximum Gasteiger partial charge on any atom is 0.337 e. The molecule has 14 heavy (non-hydrogen) atoms. The fraction of sp³-hybridized carbons (Fsp3) is 0.500. The van der Waals surface area contributed by atoms with Gasteiger partial charge in [-0.15, -0.1) is 0 Å². The second kappa shape index (κ2) is 3.44. The van der Waals surface area contributed by atoms with Gasteiger partial charge in [-0.05, 0) is 18.9 Å². The minimum atomic E-state index is -0.912. The van der Waals surface area contributed by atoms with Crippen molar-refractivity contribution in [3.8, 4) is 0 Å². The SMILES string of the molecule is O=C(O)c1ccn(CCF)c1C1CC1. The van der Waals surface area contributed by atoms with Crippen LogP contribution in [0.3, 0.4) is 0 Å². The van der Waals surface area contributed by atoms with Crippen molar-refractivity contribution in [2.45, 2.75) is 25.3 Å². The minimum Gasteiger partial charge on any atom is -0.478 e. The summed E-state index contributed by atoms with van der Waals surface area (Å²) in [6.45, 7) is -0.188. The van der Waals surface area contributed by atoms with Gasteiger partial charge in [0.2, 0.25) is 0 Å². The standard InChI is InChI=1S/C10H12FNO2/c11-4-6-12-5-3-8(10(13)14)9(12)7-1-2-7/h3,5,7H,1-2,4,6H2,(H,13,14). The van der Waals surface area contributed by atoms with E-state index in [4.69, 9.17) is 5.11 Å². The Bertz CT molecular complexity index is 355. The molecule has 1 aromatic rings. The summed E-state index contributed by atoms with van der Waals surface area (Å²) in [7, 11) is 0. The molecule has 2 rings (SSSR count). The van der Waals surface area contributed by atoms with Gasteiger partial charge in [0.1, 0.15) is 6.67 Å². The van der Waals surface area contributed by atoms with Crippen molar-refractivity contribution in [2.24, 2.45) is 0 Å². The molecule has 0 atom stereocenters. The highest BCUT2D eigenvalue weighted by atomic mass is 19.1. The second-order valence-electron chi connectivity index (χ2n) is 3.58. The monoisotopic (exact) mass is 197 g/mol. The first-order valence-corrected chi connectivity index (χ1v) is 4.72. The number of aromatic nitrogens is 1. The second-order valence-corrected chi connectivity index (χ2v) is 3.58. The van der Waals surface area contributed by atoms with Crippen LogP contribution in [0.15, 0.2) is 12.3 Å². The average molecular weight is 197 g/mol.